The Morgan fingerprint density at radius 1 is 1.38 bits per heavy atom. The molecule has 0 spiro atoms. The molecule has 0 amide bonds. The highest BCUT2D eigenvalue weighted by Gasteiger charge is 2.09. The Kier molecular flexibility index (Phi) is 2.97. The number of carbonyl (C=O) groups excluding carboxylic acids is 1. The fraction of sp³-hybridized carbons (Fsp3) is 0. The van der Waals surface area contributed by atoms with Crippen LogP contribution >= 0.6 is 11.3 Å². The molecule has 0 saturated carbocycles. The van der Waals surface area contributed by atoms with Crippen molar-refractivity contribution in [3.05, 3.63) is 23.1 Å². The molecule has 1 heterocycles. The molecule has 1 aromatic rings. The van der Waals surface area contributed by atoms with Crippen molar-refractivity contribution in [1.82, 2.24) is 0 Å². The second-order valence-electron chi connectivity index (χ2n) is 2.20. The van der Waals surface area contributed by atoms with Gasteiger partial charge in [-0.25, -0.2) is 13.6 Å². The quantitative estimate of drug-likeness (QED) is 0.595. The molecule has 0 fully saturated rings. The second kappa shape index (κ2) is 3.82. The Hall–Kier alpha value is -0.980. The summed E-state index contributed by atoms with van der Waals surface area (Å²) >= 11 is 1.02. The van der Waals surface area contributed by atoms with Gasteiger partial charge >= 0.3 is 0 Å². The summed E-state index contributed by atoms with van der Waals surface area (Å²) in [6, 6.07) is 2.99. The zero-order valence-corrected chi connectivity index (χ0v) is 8.14. The summed E-state index contributed by atoms with van der Waals surface area (Å²) in [5.41, 5.74) is 0. The van der Waals surface area contributed by atoms with Crippen LogP contribution in [0.5, 0.6) is 0 Å². The Morgan fingerprint density at radius 2 is 2.08 bits per heavy atom. The summed E-state index contributed by atoms with van der Waals surface area (Å²) in [6.45, 7) is 0. The molecular weight excluding hydrogens is 210 g/mol. The zero-order chi connectivity index (χ0) is 9.90. The monoisotopic (exact) mass is 217 g/mol. The van der Waals surface area contributed by atoms with Crippen LogP contribution < -0.4 is 5.14 Å². The van der Waals surface area contributed by atoms with Crippen molar-refractivity contribution in [2.24, 2.45) is 5.14 Å². The maximum Gasteiger partial charge on any atom is 0.247 e. The van der Waals surface area contributed by atoms with Crippen LogP contribution in [0.3, 0.4) is 0 Å². The molecule has 0 bridgehead atoms. The normalized spacial score (nSPS) is 12.1. The van der Waals surface area contributed by atoms with Gasteiger partial charge < -0.3 is 0 Å². The van der Waals surface area contributed by atoms with E-state index in [0.29, 0.717) is 11.2 Å². The Morgan fingerprint density at radius 3 is 2.54 bits per heavy atom. The zero-order valence-electron chi connectivity index (χ0n) is 6.51. The largest absolute Gasteiger partial charge is 0.299 e. The number of rotatable bonds is 3. The summed E-state index contributed by atoms with van der Waals surface area (Å²) in [5.74, 6) is 0. The van der Waals surface area contributed by atoms with E-state index in [4.69, 9.17) is 5.14 Å². The predicted molar refractivity (Wildman–Crippen MR) is 50.8 cm³/mol. The van der Waals surface area contributed by atoms with E-state index in [1.54, 1.807) is 6.07 Å². The molecule has 1 aromatic heterocycles. The standard InChI is InChI=1S/C7H7NO3S2/c8-13(10,11)7-4-3-6(12-7)2-1-5-9/h1-5H,(H2,8,10,11). The highest BCUT2D eigenvalue weighted by molar-refractivity contribution is 7.91. The molecular formula is C7H7NO3S2. The van der Waals surface area contributed by atoms with Crippen LogP contribution in [0.2, 0.25) is 0 Å². The van der Waals surface area contributed by atoms with Crippen LogP contribution in [0.15, 0.2) is 22.4 Å². The molecule has 1 rings (SSSR count). The molecule has 4 nitrogen and oxygen atoms in total. The summed E-state index contributed by atoms with van der Waals surface area (Å²) in [6.07, 6.45) is 3.43. The summed E-state index contributed by atoms with van der Waals surface area (Å²) < 4.78 is 21.7. The fourth-order valence-electron chi connectivity index (χ4n) is 0.711. The second-order valence-corrected chi connectivity index (χ2v) is 5.10. The molecule has 0 unspecified atom stereocenters. The van der Waals surface area contributed by atoms with Crippen LogP contribution in [0.4, 0.5) is 0 Å². The van der Waals surface area contributed by atoms with E-state index in [0.717, 1.165) is 11.3 Å². The third-order valence-corrected chi connectivity index (χ3v) is 3.71. The summed E-state index contributed by atoms with van der Waals surface area (Å²) in [5, 5.41) is 4.89. The van der Waals surface area contributed by atoms with Gasteiger partial charge in [0.25, 0.3) is 0 Å². The minimum Gasteiger partial charge on any atom is -0.299 e. The number of nitrogens with two attached hydrogens (primary N) is 1. The topological polar surface area (TPSA) is 77.2 Å². The van der Waals surface area contributed by atoms with Crippen molar-refractivity contribution in [1.29, 1.82) is 0 Å². The average Bonchev–Trinajstić information content (AvgIpc) is 2.47. The maximum absolute atomic E-state index is 10.8. The van der Waals surface area contributed by atoms with E-state index < -0.39 is 10.0 Å². The Bertz CT molecular complexity index is 430. The first-order valence-corrected chi connectivity index (χ1v) is 5.65. The van der Waals surface area contributed by atoms with Crippen LogP contribution in [-0.2, 0) is 14.8 Å². The molecule has 0 saturated heterocycles. The van der Waals surface area contributed by atoms with Gasteiger partial charge in [0.1, 0.15) is 10.5 Å². The molecule has 0 aromatic carbocycles. The number of sulfonamides is 1. The molecule has 0 atom stereocenters. The Balaban J connectivity index is 3.00. The van der Waals surface area contributed by atoms with Gasteiger partial charge in [0.05, 0.1) is 0 Å². The third kappa shape index (κ3) is 2.76. The minimum atomic E-state index is -3.61. The van der Waals surface area contributed by atoms with Crippen molar-refractivity contribution in [2.75, 3.05) is 0 Å². The number of hydrogen-bond donors (Lipinski definition) is 1. The van der Waals surface area contributed by atoms with Crippen LogP contribution in [-0.4, -0.2) is 14.7 Å². The van der Waals surface area contributed by atoms with Crippen LogP contribution in [0.1, 0.15) is 4.88 Å². The number of aldehydes is 1. The molecule has 0 aliphatic carbocycles. The molecule has 0 aliphatic rings. The lowest BCUT2D eigenvalue weighted by Crippen LogP contribution is -2.09. The van der Waals surface area contributed by atoms with Crippen LogP contribution in [0.25, 0.3) is 6.08 Å². The van der Waals surface area contributed by atoms with Gasteiger partial charge in [-0.15, -0.1) is 11.3 Å². The first kappa shape index (κ1) is 10.1. The first-order chi connectivity index (χ1) is 6.04. The molecule has 0 aliphatic heterocycles. The van der Waals surface area contributed by atoms with Crippen molar-refractivity contribution < 1.29 is 13.2 Å². The van der Waals surface area contributed by atoms with E-state index >= 15 is 0 Å². The predicted octanol–water partition coefficient (Wildman–Crippen LogP) is 0.608. The molecule has 13 heavy (non-hydrogen) atoms. The van der Waals surface area contributed by atoms with Crippen molar-refractivity contribution in [3.8, 4) is 0 Å². The van der Waals surface area contributed by atoms with E-state index in [1.807, 2.05) is 0 Å². The molecule has 0 radical (unpaired) electrons. The van der Waals surface area contributed by atoms with Gasteiger partial charge in [0.2, 0.25) is 10.0 Å². The molecule has 2 N–H and O–H groups in total. The van der Waals surface area contributed by atoms with Gasteiger partial charge in [-0.1, -0.05) is 0 Å². The summed E-state index contributed by atoms with van der Waals surface area (Å²) in [4.78, 5) is 10.6. The maximum atomic E-state index is 10.8. The average molecular weight is 217 g/mol. The first-order valence-electron chi connectivity index (χ1n) is 3.28. The lowest BCUT2D eigenvalue weighted by molar-refractivity contribution is -0.104. The van der Waals surface area contributed by atoms with Crippen molar-refractivity contribution in [3.63, 3.8) is 0 Å². The van der Waals surface area contributed by atoms with E-state index in [1.165, 1.54) is 18.2 Å². The van der Waals surface area contributed by atoms with Crippen molar-refractivity contribution in [2.45, 2.75) is 4.21 Å². The van der Waals surface area contributed by atoms with Gasteiger partial charge in [-0.2, -0.15) is 0 Å². The van der Waals surface area contributed by atoms with Gasteiger partial charge in [0, 0.05) is 4.88 Å². The lowest BCUT2D eigenvalue weighted by Gasteiger charge is -1.87. The number of allylic oxidation sites excluding steroid dienone is 1. The highest BCUT2D eigenvalue weighted by Crippen LogP contribution is 2.20. The van der Waals surface area contributed by atoms with E-state index in [9.17, 15) is 13.2 Å². The van der Waals surface area contributed by atoms with Crippen LogP contribution in [0, 0.1) is 0 Å². The molecule has 70 valence electrons. The molecule has 6 heteroatoms. The van der Waals surface area contributed by atoms with E-state index in [2.05, 4.69) is 0 Å². The smallest absolute Gasteiger partial charge is 0.247 e. The number of thiophene rings is 1. The van der Waals surface area contributed by atoms with Crippen molar-refractivity contribution >= 4 is 33.7 Å². The number of carbonyl (C=O) groups is 1. The summed E-state index contributed by atoms with van der Waals surface area (Å²) in [7, 11) is -3.61. The number of primary sulfonamides is 1. The highest BCUT2D eigenvalue weighted by atomic mass is 32.2. The fourth-order valence-corrected chi connectivity index (χ4v) is 2.37. The lowest BCUT2D eigenvalue weighted by atomic mass is 10.4. The van der Waals surface area contributed by atoms with E-state index in [-0.39, 0.29) is 4.21 Å². The third-order valence-electron chi connectivity index (χ3n) is 1.22. The van der Waals surface area contributed by atoms with Gasteiger partial charge in [-0.3, -0.25) is 4.79 Å². The minimum absolute atomic E-state index is 0.0954. The Labute approximate surface area is 79.7 Å². The number of hydrogen-bond acceptors (Lipinski definition) is 4. The SMILES string of the molecule is NS(=O)(=O)c1ccc(C=CC=O)s1. The van der Waals surface area contributed by atoms with Gasteiger partial charge in [0.15, 0.2) is 0 Å². The van der Waals surface area contributed by atoms with Gasteiger partial charge in [-0.05, 0) is 24.3 Å².